The number of nitro benzene ring substituents is 1. The van der Waals surface area contributed by atoms with Crippen LogP contribution < -0.4 is 4.74 Å². The molecule has 0 spiro atoms. The molecule has 0 bridgehead atoms. The zero-order chi connectivity index (χ0) is 13.8. The predicted molar refractivity (Wildman–Crippen MR) is 73.0 cm³/mol. The molecule has 2 rings (SSSR count). The summed E-state index contributed by atoms with van der Waals surface area (Å²) in [6.07, 6.45) is 3.40. The number of halogens is 1. The summed E-state index contributed by atoms with van der Waals surface area (Å²) in [5, 5.41) is 14.9. The second kappa shape index (κ2) is 5.83. The summed E-state index contributed by atoms with van der Waals surface area (Å²) >= 11 is 3.23. The van der Waals surface area contributed by atoms with E-state index in [1.165, 1.54) is 6.07 Å². The molecule has 100 valence electrons. The topological polar surface area (TPSA) is 70.2 Å². The van der Waals surface area contributed by atoms with Crippen LogP contribution in [-0.4, -0.2) is 14.7 Å². The van der Waals surface area contributed by atoms with Crippen molar-refractivity contribution >= 4 is 21.6 Å². The van der Waals surface area contributed by atoms with Gasteiger partial charge in [-0.1, -0.05) is 12.1 Å². The van der Waals surface area contributed by atoms with E-state index < -0.39 is 4.92 Å². The number of aryl methyl sites for hydroxylation is 1. The standard InChI is InChI=1S/C12H12BrN3O3/c1-2-15-7-10(6-14-15)19-8-9-4-3-5-11(12(9)13)16(17)18/h3-7H,2,8H2,1H3. The van der Waals surface area contributed by atoms with Crippen molar-refractivity contribution in [3.63, 3.8) is 0 Å². The first-order valence-electron chi connectivity index (χ1n) is 5.69. The fourth-order valence-electron chi connectivity index (χ4n) is 1.57. The van der Waals surface area contributed by atoms with Crippen molar-refractivity contribution in [3.8, 4) is 5.75 Å². The lowest BCUT2D eigenvalue weighted by Crippen LogP contribution is -1.98. The van der Waals surface area contributed by atoms with Gasteiger partial charge in [0.25, 0.3) is 5.69 Å². The van der Waals surface area contributed by atoms with Crippen molar-refractivity contribution < 1.29 is 9.66 Å². The number of ether oxygens (including phenoxy) is 1. The van der Waals surface area contributed by atoms with E-state index in [0.717, 1.165) is 12.1 Å². The van der Waals surface area contributed by atoms with Gasteiger partial charge in [-0.15, -0.1) is 0 Å². The first kappa shape index (κ1) is 13.5. The van der Waals surface area contributed by atoms with Crippen molar-refractivity contribution in [2.45, 2.75) is 20.1 Å². The molecule has 1 aromatic carbocycles. The Morgan fingerprint density at radius 1 is 1.53 bits per heavy atom. The highest BCUT2D eigenvalue weighted by Gasteiger charge is 2.15. The van der Waals surface area contributed by atoms with Gasteiger partial charge in [-0.25, -0.2) is 0 Å². The Kier molecular flexibility index (Phi) is 4.16. The normalized spacial score (nSPS) is 10.4. The maximum atomic E-state index is 10.8. The average molecular weight is 326 g/mol. The summed E-state index contributed by atoms with van der Waals surface area (Å²) in [6.45, 7) is 3.00. The van der Waals surface area contributed by atoms with Crippen LogP contribution in [0.1, 0.15) is 12.5 Å². The van der Waals surface area contributed by atoms with Crippen LogP contribution in [0.5, 0.6) is 5.75 Å². The fraction of sp³-hybridized carbons (Fsp3) is 0.250. The van der Waals surface area contributed by atoms with Crippen LogP contribution >= 0.6 is 15.9 Å². The number of hydrogen-bond acceptors (Lipinski definition) is 4. The maximum Gasteiger partial charge on any atom is 0.283 e. The molecule has 1 aromatic heterocycles. The Labute approximate surface area is 118 Å². The molecule has 2 aromatic rings. The third-order valence-electron chi connectivity index (χ3n) is 2.58. The van der Waals surface area contributed by atoms with Crippen molar-refractivity contribution in [2.24, 2.45) is 0 Å². The molecule has 0 fully saturated rings. The van der Waals surface area contributed by atoms with Gasteiger partial charge in [0.05, 0.1) is 17.3 Å². The molecule has 6 nitrogen and oxygen atoms in total. The molecule has 0 N–H and O–H groups in total. The van der Waals surface area contributed by atoms with E-state index >= 15 is 0 Å². The largest absolute Gasteiger partial charge is 0.486 e. The van der Waals surface area contributed by atoms with E-state index in [9.17, 15) is 10.1 Å². The summed E-state index contributed by atoms with van der Waals surface area (Å²) in [5.41, 5.74) is 0.754. The number of aromatic nitrogens is 2. The Morgan fingerprint density at radius 2 is 2.32 bits per heavy atom. The average Bonchev–Trinajstić information content (AvgIpc) is 2.85. The lowest BCUT2D eigenvalue weighted by Gasteiger charge is -2.06. The van der Waals surface area contributed by atoms with Gasteiger partial charge in [0.1, 0.15) is 11.1 Å². The summed E-state index contributed by atoms with van der Waals surface area (Å²) in [5.74, 6) is 0.639. The zero-order valence-corrected chi connectivity index (χ0v) is 11.8. The highest BCUT2D eigenvalue weighted by Crippen LogP contribution is 2.29. The lowest BCUT2D eigenvalue weighted by atomic mass is 10.2. The number of nitrogens with zero attached hydrogens (tertiary/aromatic N) is 3. The molecule has 7 heteroatoms. The minimum absolute atomic E-state index is 0.0327. The molecule has 19 heavy (non-hydrogen) atoms. The second-order valence-corrected chi connectivity index (χ2v) is 4.62. The molecular formula is C12H12BrN3O3. The molecule has 0 saturated heterocycles. The van der Waals surface area contributed by atoms with Gasteiger partial charge in [0.15, 0.2) is 5.75 Å². The van der Waals surface area contributed by atoms with Crippen LogP contribution in [-0.2, 0) is 13.2 Å². The number of hydrogen-bond donors (Lipinski definition) is 0. The number of rotatable bonds is 5. The molecule has 0 saturated carbocycles. The van der Waals surface area contributed by atoms with E-state index in [1.54, 1.807) is 29.2 Å². The van der Waals surface area contributed by atoms with Crippen LogP contribution in [0.25, 0.3) is 0 Å². The highest BCUT2D eigenvalue weighted by molar-refractivity contribution is 9.10. The molecule has 0 aliphatic carbocycles. The molecule has 0 atom stereocenters. The van der Waals surface area contributed by atoms with E-state index in [1.807, 2.05) is 6.92 Å². The molecule has 0 aliphatic rings. The van der Waals surface area contributed by atoms with Crippen molar-refractivity contribution in [2.75, 3.05) is 0 Å². The zero-order valence-electron chi connectivity index (χ0n) is 10.2. The molecular weight excluding hydrogens is 314 g/mol. The molecule has 0 unspecified atom stereocenters. The third-order valence-corrected chi connectivity index (χ3v) is 3.50. The van der Waals surface area contributed by atoms with Gasteiger partial charge in [-0.2, -0.15) is 5.10 Å². The van der Waals surface area contributed by atoms with Gasteiger partial charge in [-0.05, 0) is 22.9 Å². The van der Waals surface area contributed by atoms with Crippen LogP contribution in [0.15, 0.2) is 35.1 Å². The first-order valence-corrected chi connectivity index (χ1v) is 6.48. The van der Waals surface area contributed by atoms with Crippen LogP contribution in [0, 0.1) is 10.1 Å². The fourth-order valence-corrected chi connectivity index (χ4v) is 2.10. The van der Waals surface area contributed by atoms with E-state index in [2.05, 4.69) is 21.0 Å². The lowest BCUT2D eigenvalue weighted by molar-refractivity contribution is -0.385. The highest BCUT2D eigenvalue weighted by atomic mass is 79.9. The third kappa shape index (κ3) is 3.11. The van der Waals surface area contributed by atoms with Crippen LogP contribution in [0.3, 0.4) is 0 Å². The number of nitro groups is 1. The Balaban J connectivity index is 2.11. The quantitative estimate of drug-likeness (QED) is 0.625. The van der Waals surface area contributed by atoms with Crippen molar-refractivity contribution in [1.82, 2.24) is 9.78 Å². The molecule has 0 amide bonds. The van der Waals surface area contributed by atoms with Crippen LogP contribution in [0.2, 0.25) is 0 Å². The number of benzene rings is 1. The van der Waals surface area contributed by atoms with E-state index in [4.69, 9.17) is 4.74 Å². The summed E-state index contributed by atoms with van der Waals surface area (Å²) in [4.78, 5) is 10.4. The minimum atomic E-state index is -0.428. The second-order valence-electron chi connectivity index (χ2n) is 3.83. The molecule has 1 heterocycles. The Hall–Kier alpha value is -1.89. The predicted octanol–water partition coefficient (Wildman–Crippen LogP) is 3.15. The maximum absolute atomic E-state index is 10.8. The van der Waals surface area contributed by atoms with Gasteiger partial charge in [0.2, 0.25) is 0 Å². The SMILES string of the molecule is CCn1cc(OCc2cccc([N+](=O)[O-])c2Br)cn1. The monoisotopic (exact) mass is 325 g/mol. The van der Waals surface area contributed by atoms with E-state index in [-0.39, 0.29) is 12.3 Å². The van der Waals surface area contributed by atoms with Gasteiger partial charge in [-0.3, -0.25) is 14.8 Å². The van der Waals surface area contributed by atoms with Crippen LogP contribution in [0.4, 0.5) is 5.69 Å². The summed E-state index contributed by atoms with van der Waals surface area (Å²) in [6, 6.07) is 4.86. The van der Waals surface area contributed by atoms with E-state index in [0.29, 0.717) is 10.2 Å². The smallest absolute Gasteiger partial charge is 0.283 e. The Bertz CT molecular complexity index is 598. The summed E-state index contributed by atoms with van der Waals surface area (Å²) < 4.78 is 7.75. The summed E-state index contributed by atoms with van der Waals surface area (Å²) in [7, 11) is 0. The first-order chi connectivity index (χ1) is 9.11. The van der Waals surface area contributed by atoms with Crippen molar-refractivity contribution in [1.29, 1.82) is 0 Å². The van der Waals surface area contributed by atoms with Gasteiger partial charge in [0, 0.05) is 18.2 Å². The molecule has 0 aliphatic heterocycles. The van der Waals surface area contributed by atoms with Crippen molar-refractivity contribution in [3.05, 3.63) is 50.7 Å². The Morgan fingerprint density at radius 3 is 2.95 bits per heavy atom. The van der Waals surface area contributed by atoms with Gasteiger partial charge < -0.3 is 4.74 Å². The van der Waals surface area contributed by atoms with Gasteiger partial charge >= 0.3 is 0 Å². The minimum Gasteiger partial charge on any atom is -0.486 e. The molecule has 0 radical (unpaired) electrons.